The first kappa shape index (κ1) is 24.3. The first-order valence-electron chi connectivity index (χ1n) is 13.2. The molecule has 1 fully saturated rings. The van der Waals surface area contributed by atoms with Gasteiger partial charge >= 0.3 is 0 Å². The molecule has 1 aliphatic carbocycles. The summed E-state index contributed by atoms with van der Waals surface area (Å²) in [4.78, 5) is 29.5. The number of nitrogens with zero attached hydrogens (tertiary/aromatic N) is 3. The highest BCUT2D eigenvalue weighted by atomic mass is 16.2. The van der Waals surface area contributed by atoms with E-state index in [-0.39, 0.29) is 17.9 Å². The maximum atomic E-state index is 13.9. The third-order valence-electron chi connectivity index (χ3n) is 7.85. The predicted octanol–water partition coefficient (Wildman–Crippen LogP) is 5.28. The van der Waals surface area contributed by atoms with Crippen LogP contribution >= 0.6 is 0 Å². The molecule has 2 aliphatic rings. The van der Waals surface area contributed by atoms with Gasteiger partial charge in [-0.25, -0.2) is 0 Å². The van der Waals surface area contributed by atoms with Gasteiger partial charge in [-0.3, -0.25) is 14.3 Å². The minimum atomic E-state index is -1.04. The van der Waals surface area contributed by atoms with E-state index in [1.807, 2.05) is 44.2 Å². The molecule has 0 saturated heterocycles. The van der Waals surface area contributed by atoms with Crippen molar-refractivity contribution in [3.63, 3.8) is 0 Å². The highest BCUT2D eigenvalue weighted by molar-refractivity contribution is 6.00. The summed E-state index contributed by atoms with van der Waals surface area (Å²) in [6.07, 6.45) is 6.47. The molecule has 1 N–H and O–H groups in total. The smallest absolute Gasteiger partial charge is 0.273 e. The Hall–Kier alpha value is -3.41. The topological polar surface area (TPSA) is 67.2 Å². The van der Waals surface area contributed by atoms with Crippen molar-refractivity contribution >= 4 is 11.8 Å². The largest absolute Gasteiger partial charge is 0.351 e. The molecule has 0 radical (unpaired) electrons. The summed E-state index contributed by atoms with van der Waals surface area (Å²) in [6, 6.07) is 18.5. The number of benzene rings is 2. The van der Waals surface area contributed by atoms with E-state index >= 15 is 0 Å². The van der Waals surface area contributed by atoms with Gasteiger partial charge in [-0.1, -0.05) is 80.3 Å². The van der Waals surface area contributed by atoms with Gasteiger partial charge < -0.3 is 10.2 Å². The molecular formula is C30H36N4O2. The average molecular weight is 485 g/mol. The van der Waals surface area contributed by atoms with Crippen molar-refractivity contribution in [1.29, 1.82) is 0 Å². The van der Waals surface area contributed by atoms with E-state index in [1.54, 1.807) is 9.58 Å². The third kappa shape index (κ3) is 4.69. The van der Waals surface area contributed by atoms with Gasteiger partial charge in [0.2, 0.25) is 5.91 Å². The second-order valence-corrected chi connectivity index (χ2v) is 10.6. The number of carbonyl (C=O) groups is 2. The molecule has 6 heteroatoms. The lowest BCUT2D eigenvalue weighted by molar-refractivity contribution is -0.134. The van der Waals surface area contributed by atoms with Crippen LogP contribution in [0.4, 0.5) is 0 Å². The molecule has 0 bridgehead atoms. The van der Waals surface area contributed by atoms with E-state index in [0.717, 1.165) is 48.9 Å². The lowest BCUT2D eigenvalue weighted by Gasteiger charge is -2.44. The van der Waals surface area contributed by atoms with Crippen LogP contribution in [0, 0.1) is 6.92 Å². The molecule has 36 heavy (non-hydrogen) atoms. The third-order valence-corrected chi connectivity index (χ3v) is 7.85. The van der Waals surface area contributed by atoms with Crippen molar-refractivity contribution in [3.05, 3.63) is 77.0 Å². The van der Waals surface area contributed by atoms with Crippen LogP contribution in [-0.4, -0.2) is 38.1 Å². The Morgan fingerprint density at radius 3 is 2.36 bits per heavy atom. The molecule has 1 aliphatic heterocycles. The van der Waals surface area contributed by atoms with Gasteiger partial charge in [0.05, 0.1) is 12.2 Å². The Morgan fingerprint density at radius 1 is 1.03 bits per heavy atom. The van der Waals surface area contributed by atoms with Gasteiger partial charge in [-0.2, -0.15) is 5.10 Å². The number of hydrogen-bond acceptors (Lipinski definition) is 3. The average Bonchev–Trinajstić information content (AvgIpc) is 3.32. The molecule has 6 nitrogen and oxygen atoms in total. The summed E-state index contributed by atoms with van der Waals surface area (Å²) < 4.78 is 1.73. The van der Waals surface area contributed by atoms with Crippen molar-refractivity contribution in [3.8, 4) is 11.3 Å². The summed E-state index contributed by atoms with van der Waals surface area (Å²) in [5, 5.41) is 8.08. The molecular weight excluding hydrogens is 448 g/mol. The fraction of sp³-hybridized carbons (Fsp3) is 0.433. The van der Waals surface area contributed by atoms with E-state index in [4.69, 9.17) is 5.10 Å². The summed E-state index contributed by atoms with van der Waals surface area (Å²) >= 11 is 0. The monoisotopic (exact) mass is 484 g/mol. The molecule has 0 spiro atoms. The van der Waals surface area contributed by atoms with Crippen molar-refractivity contribution in [2.45, 2.75) is 84.0 Å². The lowest BCUT2D eigenvalue weighted by atomic mass is 9.91. The summed E-state index contributed by atoms with van der Waals surface area (Å²) in [6.45, 7) is 6.76. The normalized spacial score (nSPS) is 20.3. The molecule has 5 rings (SSSR count). The van der Waals surface area contributed by atoms with E-state index in [0.29, 0.717) is 18.8 Å². The zero-order valence-electron chi connectivity index (χ0n) is 21.6. The molecule has 3 aromatic rings. The predicted molar refractivity (Wildman–Crippen MR) is 142 cm³/mol. The standard InChI is InChI=1S/C30H36N4O2/c1-4-22-14-16-24(17-15-22)26-18-27-28(35)33(19-23-12-10-21(2)11-13-23)30(3,20-34(27)32-26)29(36)31-25-8-6-5-7-9-25/h10-18,25H,4-9,19-20H2,1-3H3,(H,31,36)/t30-/m1/s1. The van der Waals surface area contributed by atoms with Gasteiger partial charge in [-0.15, -0.1) is 0 Å². The second-order valence-electron chi connectivity index (χ2n) is 10.6. The maximum absolute atomic E-state index is 13.9. The minimum Gasteiger partial charge on any atom is -0.351 e. The Bertz CT molecular complexity index is 1240. The molecule has 1 aromatic heterocycles. The number of nitrogens with one attached hydrogen (secondary N) is 1. The zero-order chi connectivity index (χ0) is 25.3. The molecule has 0 unspecified atom stereocenters. The van der Waals surface area contributed by atoms with E-state index in [1.165, 1.54) is 17.5 Å². The number of fused-ring (bicyclic) bond motifs is 1. The van der Waals surface area contributed by atoms with E-state index in [9.17, 15) is 9.59 Å². The van der Waals surface area contributed by atoms with Crippen LogP contribution in [0.3, 0.4) is 0 Å². The minimum absolute atomic E-state index is 0.0927. The summed E-state index contributed by atoms with van der Waals surface area (Å²) in [5.74, 6) is -0.253. The number of rotatable bonds is 6. The quantitative estimate of drug-likeness (QED) is 0.517. The SMILES string of the molecule is CCc1ccc(-c2cc3n(n2)C[C@](C)(C(=O)NC2CCCCC2)N(Cc2ccc(C)cc2)C3=O)cc1. The van der Waals surface area contributed by atoms with E-state index < -0.39 is 5.54 Å². The summed E-state index contributed by atoms with van der Waals surface area (Å²) in [5.41, 5.74) is 4.65. The van der Waals surface area contributed by atoms with Crippen LogP contribution < -0.4 is 5.32 Å². The molecule has 188 valence electrons. The van der Waals surface area contributed by atoms with Crippen LogP contribution in [0.25, 0.3) is 11.3 Å². The van der Waals surface area contributed by atoms with Crippen molar-refractivity contribution < 1.29 is 9.59 Å². The van der Waals surface area contributed by atoms with Crippen molar-refractivity contribution in [2.24, 2.45) is 0 Å². The second kappa shape index (κ2) is 9.92. The van der Waals surface area contributed by atoms with E-state index in [2.05, 4.69) is 36.5 Å². The number of carbonyl (C=O) groups excluding carboxylic acids is 2. The van der Waals surface area contributed by atoms with Crippen LogP contribution in [0.2, 0.25) is 0 Å². The van der Waals surface area contributed by atoms with Crippen molar-refractivity contribution in [2.75, 3.05) is 0 Å². The van der Waals surface area contributed by atoms with Gasteiger partial charge in [0.1, 0.15) is 11.2 Å². The first-order chi connectivity index (χ1) is 17.4. The molecule has 2 amide bonds. The molecule has 1 saturated carbocycles. The van der Waals surface area contributed by atoms with Crippen molar-refractivity contribution in [1.82, 2.24) is 20.0 Å². The van der Waals surface area contributed by atoms with Gasteiger partial charge in [0, 0.05) is 18.2 Å². The Kier molecular flexibility index (Phi) is 6.69. The Balaban J connectivity index is 1.49. The fourth-order valence-corrected chi connectivity index (χ4v) is 5.41. The highest BCUT2D eigenvalue weighted by Gasteiger charge is 2.48. The number of amides is 2. The molecule has 2 aromatic carbocycles. The number of aromatic nitrogens is 2. The van der Waals surface area contributed by atoms with Gasteiger partial charge in [-0.05, 0) is 50.3 Å². The fourth-order valence-electron chi connectivity index (χ4n) is 5.41. The number of aryl methyl sites for hydroxylation is 2. The maximum Gasteiger partial charge on any atom is 0.273 e. The Morgan fingerprint density at radius 2 is 1.69 bits per heavy atom. The van der Waals surface area contributed by atoms with Crippen LogP contribution in [0.15, 0.2) is 54.6 Å². The molecule has 1 atom stereocenters. The molecule has 2 heterocycles. The lowest BCUT2D eigenvalue weighted by Crippen LogP contribution is -2.64. The van der Waals surface area contributed by atoms with Gasteiger partial charge in [0.15, 0.2) is 0 Å². The number of hydrogen-bond donors (Lipinski definition) is 1. The van der Waals surface area contributed by atoms with Crippen LogP contribution in [0.1, 0.15) is 73.1 Å². The summed E-state index contributed by atoms with van der Waals surface area (Å²) in [7, 11) is 0. The highest BCUT2D eigenvalue weighted by Crippen LogP contribution is 2.32. The van der Waals surface area contributed by atoms with Gasteiger partial charge in [0.25, 0.3) is 5.91 Å². The Labute approximate surface area is 213 Å². The van der Waals surface area contributed by atoms with Crippen LogP contribution in [0.5, 0.6) is 0 Å². The first-order valence-corrected chi connectivity index (χ1v) is 13.2. The zero-order valence-corrected chi connectivity index (χ0v) is 21.6. The van der Waals surface area contributed by atoms with Crippen LogP contribution in [-0.2, 0) is 24.3 Å².